The number of aldehydes is 1. The van der Waals surface area contributed by atoms with Crippen molar-refractivity contribution in [3.63, 3.8) is 0 Å². The van der Waals surface area contributed by atoms with E-state index in [1.165, 1.54) is 4.90 Å². The molecule has 0 radical (unpaired) electrons. The first-order valence-corrected chi connectivity index (χ1v) is 6.04. The summed E-state index contributed by atoms with van der Waals surface area (Å²) in [5.41, 5.74) is -0.678. The summed E-state index contributed by atoms with van der Waals surface area (Å²) in [7, 11) is 0. The van der Waals surface area contributed by atoms with Gasteiger partial charge in [-0.3, -0.25) is 9.59 Å². The Hall–Kier alpha value is -2.17. The average Bonchev–Trinajstić information content (AvgIpc) is 2.77. The van der Waals surface area contributed by atoms with Gasteiger partial charge in [-0.2, -0.15) is 0 Å². The second-order valence-electron chi connectivity index (χ2n) is 4.86. The van der Waals surface area contributed by atoms with Crippen LogP contribution in [0.2, 0.25) is 0 Å². The summed E-state index contributed by atoms with van der Waals surface area (Å²) in [6.45, 7) is 1.76. The van der Waals surface area contributed by atoms with Crippen molar-refractivity contribution in [2.45, 2.75) is 19.4 Å². The third-order valence-corrected chi connectivity index (χ3v) is 3.64. The second-order valence-corrected chi connectivity index (χ2v) is 4.86. The summed E-state index contributed by atoms with van der Waals surface area (Å²) in [6.07, 6.45) is 0.119. The van der Waals surface area contributed by atoms with Crippen LogP contribution in [-0.4, -0.2) is 34.7 Å². The van der Waals surface area contributed by atoms with Gasteiger partial charge in [-0.1, -0.05) is 30.3 Å². The predicted molar refractivity (Wildman–Crippen MR) is 67.3 cm³/mol. The molecule has 5 heteroatoms. The summed E-state index contributed by atoms with van der Waals surface area (Å²) < 4.78 is 0. The number of nitrogens with zero attached hydrogens (tertiary/aromatic N) is 1. The third kappa shape index (κ3) is 2.23. The van der Waals surface area contributed by atoms with Gasteiger partial charge in [-0.05, 0) is 12.5 Å². The standard InChI is InChI=1S/C14H15NO4/c1-10(11-5-3-2-4-6-11)15-8-14(9-16,13(18)19)7-12(15)17/h2-6,9-10H,7-8H2,1H3,(H,18,19)/t10-,14+/m1/s1. The fourth-order valence-electron chi connectivity index (χ4n) is 2.36. The van der Waals surface area contributed by atoms with Gasteiger partial charge in [0.05, 0.1) is 12.5 Å². The molecule has 2 atom stereocenters. The SMILES string of the molecule is C[C@H](c1ccccc1)N1C[C@@](C=O)(C(=O)O)CC1=O. The summed E-state index contributed by atoms with van der Waals surface area (Å²) in [4.78, 5) is 35.7. The van der Waals surface area contributed by atoms with E-state index in [4.69, 9.17) is 5.11 Å². The van der Waals surface area contributed by atoms with Crippen LogP contribution in [-0.2, 0) is 14.4 Å². The Kier molecular flexibility index (Phi) is 3.38. The number of rotatable bonds is 4. The van der Waals surface area contributed by atoms with Crippen molar-refractivity contribution in [2.24, 2.45) is 5.41 Å². The van der Waals surface area contributed by atoms with Gasteiger partial charge in [0.15, 0.2) is 0 Å². The van der Waals surface area contributed by atoms with E-state index in [9.17, 15) is 14.4 Å². The van der Waals surface area contributed by atoms with Gasteiger partial charge in [0.1, 0.15) is 11.7 Å². The van der Waals surface area contributed by atoms with E-state index in [1.807, 2.05) is 37.3 Å². The molecule has 2 rings (SSSR count). The summed E-state index contributed by atoms with van der Waals surface area (Å²) in [5, 5.41) is 9.14. The minimum Gasteiger partial charge on any atom is -0.480 e. The molecule has 0 aromatic heterocycles. The molecular weight excluding hydrogens is 246 g/mol. The number of benzene rings is 1. The van der Waals surface area contributed by atoms with Crippen molar-refractivity contribution in [1.29, 1.82) is 0 Å². The number of aliphatic carboxylic acids is 1. The Labute approximate surface area is 110 Å². The predicted octanol–water partition coefficient (Wildman–Crippen LogP) is 1.25. The van der Waals surface area contributed by atoms with Crippen LogP contribution in [0.4, 0.5) is 0 Å². The molecule has 1 aliphatic heterocycles. The molecule has 1 fully saturated rings. The monoisotopic (exact) mass is 261 g/mol. The first-order chi connectivity index (χ1) is 9.00. The lowest BCUT2D eigenvalue weighted by molar-refractivity contribution is -0.150. The number of hydrogen-bond acceptors (Lipinski definition) is 3. The molecule has 1 N–H and O–H groups in total. The summed E-state index contributed by atoms with van der Waals surface area (Å²) >= 11 is 0. The first-order valence-electron chi connectivity index (χ1n) is 6.04. The highest BCUT2D eigenvalue weighted by atomic mass is 16.4. The quantitative estimate of drug-likeness (QED) is 0.654. The maximum Gasteiger partial charge on any atom is 0.319 e. The van der Waals surface area contributed by atoms with Gasteiger partial charge in [-0.25, -0.2) is 0 Å². The zero-order chi connectivity index (χ0) is 14.0. The van der Waals surface area contributed by atoms with Crippen LogP contribution in [0.3, 0.4) is 0 Å². The normalized spacial score (nSPS) is 24.3. The first kappa shape index (κ1) is 13.3. The molecule has 5 nitrogen and oxygen atoms in total. The highest BCUT2D eigenvalue weighted by Crippen LogP contribution is 2.35. The summed E-state index contributed by atoms with van der Waals surface area (Å²) in [6, 6.07) is 9.09. The van der Waals surface area contributed by atoms with Crippen LogP contribution in [0, 0.1) is 5.41 Å². The number of carbonyl (C=O) groups is 3. The molecule has 0 spiro atoms. The van der Waals surface area contributed by atoms with Crippen molar-refractivity contribution in [3.05, 3.63) is 35.9 Å². The van der Waals surface area contributed by atoms with Crippen molar-refractivity contribution < 1.29 is 19.5 Å². The summed E-state index contributed by atoms with van der Waals surface area (Å²) in [5.74, 6) is -1.54. The largest absolute Gasteiger partial charge is 0.480 e. The van der Waals surface area contributed by atoms with Crippen LogP contribution in [0.25, 0.3) is 0 Å². The minimum atomic E-state index is -1.60. The number of likely N-dealkylation sites (tertiary alicyclic amines) is 1. The molecule has 0 bridgehead atoms. The molecule has 1 saturated heterocycles. The lowest BCUT2D eigenvalue weighted by Crippen LogP contribution is -2.37. The number of carboxylic acids is 1. The van der Waals surface area contributed by atoms with Crippen LogP contribution in [0.15, 0.2) is 30.3 Å². The smallest absolute Gasteiger partial charge is 0.319 e. The molecule has 1 aromatic carbocycles. The lowest BCUT2D eigenvalue weighted by atomic mass is 9.89. The molecular formula is C14H15NO4. The Morgan fingerprint density at radius 3 is 2.53 bits per heavy atom. The van der Waals surface area contributed by atoms with E-state index in [-0.39, 0.29) is 24.9 Å². The van der Waals surface area contributed by atoms with Gasteiger partial charge in [0.2, 0.25) is 5.91 Å². The van der Waals surface area contributed by atoms with E-state index in [0.717, 1.165) is 5.56 Å². The van der Waals surface area contributed by atoms with Gasteiger partial charge >= 0.3 is 5.97 Å². The topological polar surface area (TPSA) is 74.7 Å². The zero-order valence-corrected chi connectivity index (χ0v) is 10.6. The van der Waals surface area contributed by atoms with Crippen LogP contribution < -0.4 is 0 Å². The molecule has 0 aliphatic carbocycles. The van der Waals surface area contributed by atoms with Gasteiger partial charge < -0.3 is 14.8 Å². The van der Waals surface area contributed by atoms with Crippen LogP contribution >= 0.6 is 0 Å². The number of carboxylic acid groups (broad SMARTS) is 1. The van der Waals surface area contributed by atoms with Crippen LogP contribution in [0.5, 0.6) is 0 Å². The van der Waals surface area contributed by atoms with E-state index in [0.29, 0.717) is 6.29 Å². The number of carbonyl (C=O) groups excluding carboxylic acids is 2. The van der Waals surface area contributed by atoms with E-state index < -0.39 is 11.4 Å². The highest BCUT2D eigenvalue weighted by Gasteiger charge is 2.50. The maximum absolute atomic E-state index is 12.0. The Bertz CT molecular complexity index is 513. The Morgan fingerprint density at radius 1 is 1.42 bits per heavy atom. The second kappa shape index (κ2) is 4.84. The van der Waals surface area contributed by atoms with Gasteiger partial charge in [0, 0.05) is 6.54 Å². The van der Waals surface area contributed by atoms with Crippen molar-refractivity contribution in [3.8, 4) is 0 Å². The van der Waals surface area contributed by atoms with E-state index in [2.05, 4.69) is 0 Å². The molecule has 1 heterocycles. The fraction of sp³-hybridized carbons (Fsp3) is 0.357. The van der Waals surface area contributed by atoms with Crippen molar-refractivity contribution >= 4 is 18.2 Å². The Morgan fingerprint density at radius 2 is 2.05 bits per heavy atom. The van der Waals surface area contributed by atoms with Crippen LogP contribution in [0.1, 0.15) is 24.9 Å². The molecule has 19 heavy (non-hydrogen) atoms. The molecule has 0 unspecified atom stereocenters. The zero-order valence-electron chi connectivity index (χ0n) is 10.6. The van der Waals surface area contributed by atoms with Gasteiger partial charge in [-0.15, -0.1) is 0 Å². The van der Waals surface area contributed by atoms with Crippen molar-refractivity contribution in [2.75, 3.05) is 6.54 Å². The Balaban J connectivity index is 2.26. The number of hydrogen-bond donors (Lipinski definition) is 1. The highest BCUT2D eigenvalue weighted by molar-refractivity contribution is 6.00. The van der Waals surface area contributed by atoms with Gasteiger partial charge in [0.25, 0.3) is 0 Å². The van der Waals surface area contributed by atoms with E-state index in [1.54, 1.807) is 0 Å². The molecule has 1 aliphatic rings. The average molecular weight is 261 g/mol. The number of amides is 1. The maximum atomic E-state index is 12.0. The third-order valence-electron chi connectivity index (χ3n) is 3.64. The molecule has 1 aromatic rings. The molecule has 1 amide bonds. The molecule has 100 valence electrons. The molecule has 0 saturated carbocycles. The van der Waals surface area contributed by atoms with Crippen molar-refractivity contribution in [1.82, 2.24) is 4.90 Å². The minimum absolute atomic E-state index is 0.0687. The lowest BCUT2D eigenvalue weighted by Gasteiger charge is -2.26. The van der Waals surface area contributed by atoms with E-state index >= 15 is 0 Å². The fourth-order valence-corrected chi connectivity index (χ4v) is 2.36.